The van der Waals surface area contributed by atoms with Crippen LogP contribution in [0.2, 0.25) is 0 Å². The lowest BCUT2D eigenvalue weighted by atomic mass is 9.98. The van der Waals surface area contributed by atoms with E-state index in [2.05, 4.69) is 11.5 Å². The largest absolute Gasteiger partial charge is 0.321 e. The Labute approximate surface area is 126 Å². The molecule has 0 saturated heterocycles. The van der Waals surface area contributed by atoms with Crippen molar-refractivity contribution in [1.29, 1.82) is 0 Å². The summed E-state index contributed by atoms with van der Waals surface area (Å²) in [5, 5.41) is 0. The maximum atomic E-state index is 12.9. The molecule has 1 unspecified atom stereocenters. The molecule has 1 heterocycles. The fourth-order valence-electron chi connectivity index (χ4n) is 3.39. The third kappa shape index (κ3) is 2.53. The van der Waals surface area contributed by atoms with Crippen LogP contribution in [0, 0.1) is 6.92 Å². The first kappa shape index (κ1) is 14.1. The fraction of sp³-hybridized carbons (Fsp3) is 0.444. The van der Waals surface area contributed by atoms with E-state index in [9.17, 15) is 4.79 Å². The number of aryl methyl sites for hydroxylation is 2. The van der Waals surface area contributed by atoms with E-state index in [1.54, 1.807) is 0 Å². The Morgan fingerprint density at radius 3 is 2.67 bits per heavy atom. The Kier molecular flexibility index (Phi) is 3.91. The van der Waals surface area contributed by atoms with Crippen LogP contribution < -0.4 is 0 Å². The van der Waals surface area contributed by atoms with Crippen molar-refractivity contribution >= 4 is 5.78 Å². The van der Waals surface area contributed by atoms with E-state index in [-0.39, 0.29) is 11.8 Å². The average Bonchev–Trinajstić information content (AvgIpc) is 2.85. The van der Waals surface area contributed by atoms with Gasteiger partial charge in [-0.3, -0.25) is 4.79 Å². The maximum absolute atomic E-state index is 12.9. The Balaban J connectivity index is 2.01. The molecule has 3 rings (SSSR count). The average molecular weight is 282 g/mol. The summed E-state index contributed by atoms with van der Waals surface area (Å²) in [7, 11) is 0. The summed E-state index contributed by atoms with van der Waals surface area (Å²) in [6, 6.07) is 9.49. The topological polar surface area (TPSA) is 34.9 Å². The van der Waals surface area contributed by atoms with Crippen molar-refractivity contribution in [3.8, 4) is 0 Å². The van der Waals surface area contributed by atoms with Crippen LogP contribution in [0.25, 0.3) is 0 Å². The van der Waals surface area contributed by atoms with Gasteiger partial charge in [0.05, 0.1) is 11.7 Å². The van der Waals surface area contributed by atoms with E-state index in [4.69, 9.17) is 4.98 Å². The van der Waals surface area contributed by atoms with Gasteiger partial charge in [0.25, 0.3) is 0 Å². The summed E-state index contributed by atoms with van der Waals surface area (Å²) in [6.07, 6.45) is 5.33. The molecule has 0 spiro atoms. The van der Waals surface area contributed by atoms with Gasteiger partial charge in [0, 0.05) is 11.3 Å². The van der Waals surface area contributed by atoms with Gasteiger partial charge in [0.15, 0.2) is 5.78 Å². The minimum atomic E-state index is -0.123. The summed E-state index contributed by atoms with van der Waals surface area (Å²) in [4.78, 5) is 17.6. The van der Waals surface area contributed by atoms with Crippen molar-refractivity contribution in [2.75, 3.05) is 0 Å². The number of fused-ring (bicyclic) bond motifs is 1. The first-order valence-corrected chi connectivity index (χ1v) is 7.88. The molecule has 0 N–H and O–H groups in total. The molecule has 0 bridgehead atoms. The second-order valence-corrected chi connectivity index (χ2v) is 5.78. The van der Waals surface area contributed by atoms with E-state index >= 15 is 0 Å². The van der Waals surface area contributed by atoms with Gasteiger partial charge in [-0.2, -0.15) is 0 Å². The molecule has 1 aromatic carbocycles. The summed E-state index contributed by atoms with van der Waals surface area (Å²) in [5.74, 6) is 1.19. The number of Topliss-reactive ketones (excluding diaryl/α,β-unsaturated/α-hetero) is 1. The van der Waals surface area contributed by atoms with Crippen molar-refractivity contribution in [2.24, 2.45) is 0 Å². The van der Waals surface area contributed by atoms with Gasteiger partial charge in [-0.05, 0) is 39.0 Å². The zero-order chi connectivity index (χ0) is 14.8. The zero-order valence-corrected chi connectivity index (χ0v) is 12.8. The highest BCUT2D eigenvalue weighted by Crippen LogP contribution is 2.28. The van der Waals surface area contributed by atoms with Crippen LogP contribution in [0.1, 0.15) is 59.8 Å². The molecule has 110 valence electrons. The lowest BCUT2D eigenvalue weighted by molar-refractivity contribution is 0.0918. The Morgan fingerprint density at radius 2 is 1.95 bits per heavy atom. The number of carbonyl (C=O) groups is 1. The van der Waals surface area contributed by atoms with Crippen molar-refractivity contribution in [2.45, 2.75) is 52.0 Å². The van der Waals surface area contributed by atoms with Gasteiger partial charge in [-0.15, -0.1) is 0 Å². The molecule has 21 heavy (non-hydrogen) atoms. The monoisotopic (exact) mass is 282 g/mol. The van der Waals surface area contributed by atoms with Crippen LogP contribution in [0.3, 0.4) is 0 Å². The lowest BCUT2D eigenvalue weighted by Gasteiger charge is -2.22. The SMILES string of the molecule is CCC(C(=O)c1ccccc1)n1c(C)nc2c1CCCC2. The Morgan fingerprint density at radius 1 is 1.24 bits per heavy atom. The van der Waals surface area contributed by atoms with Gasteiger partial charge in [-0.1, -0.05) is 37.3 Å². The molecular formula is C18H22N2O. The summed E-state index contributed by atoms with van der Waals surface area (Å²) >= 11 is 0. The highest BCUT2D eigenvalue weighted by Gasteiger charge is 2.27. The van der Waals surface area contributed by atoms with Crippen LogP contribution in [0.4, 0.5) is 0 Å². The highest BCUT2D eigenvalue weighted by molar-refractivity contribution is 5.99. The molecule has 1 atom stereocenters. The number of rotatable bonds is 4. The minimum Gasteiger partial charge on any atom is -0.321 e. The number of nitrogens with zero attached hydrogens (tertiary/aromatic N) is 2. The first-order valence-electron chi connectivity index (χ1n) is 7.88. The van der Waals surface area contributed by atoms with Crippen molar-refractivity contribution < 1.29 is 4.79 Å². The number of hydrogen-bond acceptors (Lipinski definition) is 2. The molecule has 3 heteroatoms. The minimum absolute atomic E-state index is 0.123. The maximum Gasteiger partial charge on any atom is 0.185 e. The van der Waals surface area contributed by atoms with Gasteiger partial charge in [-0.25, -0.2) is 4.98 Å². The van der Waals surface area contributed by atoms with Gasteiger partial charge in [0.1, 0.15) is 5.82 Å². The van der Waals surface area contributed by atoms with Gasteiger partial charge in [0.2, 0.25) is 0 Å². The molecule has 1 aliphatic carbocycles. The zero-order valence-electron chi connectivity index (χ0n) is 12.8. The van der Waals surface area contributed by atoms with Crippen molar-refractivity contribution in [1.82, 2.24) is 9.55 Å². The van der Waals surface area contributed by atoms with Crippen LogP contribution >= 0.6 is 0 Å². The number of carbonyl (C=O) groups excluding carboxylic acids is 1. The second-order valence-electron chi connectivity index (χ2n) is 5.78. The van der Waals surface area contributed by atoms with Crippen molar-refractivity contribution in [3.05, 3.63) is 53.1 Å². The molecule has 0 fully saturated rings. The molecular weight excluding hydrogens is 260 g/mol. The molecule has 1 aliphatic rings. The smallest absolute Gasteiger partial charge is 0.185 e. The Bertz CT molecular complexity index is 643. The van der Waals surface area contributed by atoms with Crippen LogP contribution in [-0.2, 0) is 12.8 Å². The van der Waals surface area contributed by atoms with Crippen molar-refractivity contribution in [3.63, 3.8) is 0 Å². The molecule has 0 aliphatic heterocycles. The predicted octanol–water partition coefficient (Wildman–Crippen LogP) is 3.90. The number of aromatic nitrogens is 2. The van der Waals surface area contributed by atoms with Crippen LogP contribution in [-0.4, -0.2) is 15.3 Å². The number of imidazole rings is 1. The van der Waals surface area contributed by atoms with E-state index < -0.39 is 0 Å². The quantitative estimate of drug-likeness (QED) is 0.797. The molecule has 0 radical (unpaired) electrons. The van der Waals surface area contributed by atoms with E-state index in [0.29, 0.717) is 0 Å². The highest BCUT2D eigenvalue weighted by atomic mass is 16.1. The van der Waals surface area contributed by atoms with Crippen LogP contribution in [0.15, 0.2) is 30.3 Å². The molecule has 2 aromatic rings. The van der Waals surface area contributed by atoms with E-state index in [1.165, 1.54) is 24.2 Å². The van der Waals surface area contributed by atoms with E-state index in [1.807, 2.05) is 37.3 Å². The van der Waals surface area contributed by atoms with Gasteiger partial charge >= 0.3 is 0 Å². The normalized spacial score (nSPS) is 15.5. The second kappa shape index (κ2) is 5.84. The number of benzene rings is 1. The summed E-state index contributed by atoms with van der Waals surface area (Å²) in [6.45, 7) is 4.11. The Hall–Kier alpha value is -1.90. The molecule has 1 aromatic heterocycles. The molecule has 0 amide bonds. The number of ketones is 1. The first-order chi connectivity index (χ1) is 10.2. The predicted molar refractivity (Wildman–Crippen MR) is 83.7 cm³/mol. The fourth-order valence-corrected chi connectivity index (χ4v) is 3.39. The summed E-state index contributed by atoms with van der Waals surface area (Å²) in [5.41, 5.74) is 3.29. The summed E-state index contributed by atoms with van der Waals surface area (Å²) < 4.78 is 2.20. The van der Waals surface area contributed by atoms with Crippen LogP contribution in [0.5, 0.6) is 0 Å². The molecule has 3 nitrogen and oxygen atoms in total. The standard InChI is InChI=1S/C18H22N2O/c1-3-16(18(21)14-9-5-4-6-10-14)20-13(2)19-15-11-7-8-12-17(15)20/h4-6,9-10,16H,3,7-8,11-12H2,1-2H3. The number of hydrogen-bond donors (Lipinski definition) is 0. The lowest BCUT2D eigenvalue weighted by Crippen LogP contribution is -2.23. The third-order valence-electron chi connectivity index (χ3n) is 4.41. The molecule has 0 saturated carbocycles. The van der Waals surface area contributed by atoms with E-state index in [0.717, 1.165) is 30.7 Å². The van der Waals surface area contributed by atoms with Gasteiger partial charge < -0.3 is 4.57 Å². The third-order valence-corrected chi connectivity index (χ3v) is 4.41.